The summed E-state index contributed by atoms with van der Waals surface area (Å²) in [5, 5.41) is 16.9. The number of benzene rings is 4. The van der Waals surface area contributed by atoms with Gasteiger partial charge in [-0.3, -0.25) is 4.79 Å². The molecule has 0 radical (unpaired) electrons. The zero-order chi connectivity index (χ0) is 17.2. The fourth-order valence-electron chi connectivity index (χ4n) is 3.04. The van der Waals surface area contributed by atoms with E-state index in [1.54, 1.807) is 12.1 Å². The summed E-state index contributed by atoms with van der Waals surface area (Å²) < 4.78 is 0. The third kappa shape index (κ3) is 2.76. The molecule has 0 aliphatic heterocycles. The van der Waals surface area contributed by atoms with Crippen LogP contribution in [-0.2, 0) is 0 Å². The van der Waals surface area contributed by atoms with Crippen LogP contribution in [0.15, 0.2) is 90.1 Å². The van der Waals surface area contributed by atoms with Crippen LogP contribution in [0.5, 0.6) is 0 Å². The molecular weight excluding hydrogens is 310 g/mol. The first-order valence-electron chi connectivity index (χ1n) is 8.01. The van der Waals surface area contributed by atoms with Gasteiger partial charge in [-0.1, -0.05) is 78.0 Å². The number of hydrogen-bond acceptors (Lipinski definition) is 3. The van der Waals surface area contributed by atoms with Gasteiger partial charge in [-0.25, -0.2) is 0 Å². The third-order valence-electron chi connectivity index (χ3n) is 4.35. The monoisotopic (exact) mass is 325 g/mol. The molecule has 0 aromatic heterocycles. The number of carbonyl (C=O) groups excluding carboxylic acids is 1. The lowest BCUT2D eigenvalue weighted by atomic mass is 9.97. The number of fused-ring (bicyclic) bond motifs is 2. The molecule has 0 fully saturated rings. The lowest BCUT2D eigenvalue weighted by Gasteiger charge is -2.07. The van der Waals surface area contributed by atoms with Gasteiger partial charge >= 0.3 is 0 Å². The quantitative estimate of drug-likeness (QED) is 0.248. The first-order chi connectivity index (χ1) is 12.3. The normalized spacial score (nSPS) is 11.8. The van der Waals surface area contributed by atoms with Crippen LogP contribution in [-0.4, -0.2) is 16.7 Å². The van der Waals surface area contributed by atoms with E-state index in [9.17, 15) is 10.0 Å². The molecule has 0 aliphatic rings. The first kappa shape index (κ1) is 15.1. The predicted octanol–water partition coefficient (Wildman–Crippen LogP) is 5.05. The Morgan fingerprint density at radius 1 is 0.640 bits per heavy atom. The summed E-state index contributed by atoms with van der Waals surface area (Å²) >= 11 is 0. The highest BCUT2D eigenvalue weighted by Crippen LogP contribution is 2.20. The first-order valence-corrected chi connectivity index (χ1v) is 8.01. The molecule has 0 amide bonds. The summed E-state index contributed by atoms with van der Waals surface area (Å²) in [7, 11) is 0. The Bertz CT molecular complexity index is 1130. The van der Waals surface area contributed by atoms with Crippen LogP contribution < -0.4 is 0 Å². The number of oxime groups is 1. The van der Waals surface area contributed by atoms with Crippen molar-refractivity contribution in [3.63, 3.8) is 0 Å². The van der Waals surface area contributed by atoms with Gasteiger partial charge in [0.1, 0.15) is 0 Å². The van der Waals surface area contributed by atoms with E-state index in [4.69, 9.17) is 0 Å². The molecule has 1 N–H and O–H groups in total. The maximum absolute atomic E-state index is 12.9. The van der Waals surface area contributed by atoms with Crippen molar-refractivity contribution in [2.75, 3.05) is 0 Å². The fourth-order valence-corrected chi connectivity index (χ4v) is 3.04. The second-order valence-electron chi connectivity index (χ2n) is 5.90. The highest BCUT2D eigenvalue weighted by Gasteiger charge is 2.17. The Kier molecular flexibility index (Phi) is 3.75. The van der Waals surface area contributed by atoms with Crippen LogP contribution in [0.25, 0.3) is 21.5 Å². The number of nitrogens with zero attached hydrogens (tertiary/aromatic N) is 1. The SMILES string of the molecule is O=C(C(=NO)c1ccc2ccccc2c1)c1ccc2ccccc2c1. The van der Waals surface area contributed by atoms with E-state index in [0.29, 0.717) is 11.1 Å². The summed E-state index contributed by atoms with van der Waals surface area (Å²) in [5.74, 6) is -0.302. The van der Waals surface area contributed by atoms with Crippen molar-refractivity contribution in [3.05, 3.63) is 96.1 Å². The molecule has 0 spiro atoms. The zero-order valence-corrected chi connectivity index (χ0v) is 13.4. The minimum absolute atomic E-state index is 0.0426. The van der Waals surface area contributed by atoms with Gasteiger partial charge < -0.3 is 5.21 Å². The average molecular weight is 325 g/mol. The van der Waals surface area contributed by atoms with E-state index in [-0.39, 0.29) is 11.5 Å². The number of hydrogen-bond donors (Lipinski definition) is 1. The van der Waals surface area contributed by atoms with E-state index in [1.807, 2.05) is 72.8 Å². The Morgan fingerprint density at radius 3 is 1.68 bits per heavy atom. The Hall–Kier alpha value is -3.46. The predicted molar refractivity (Wildman–Crippen MR) is 101 cm³/mol. The molecule has 0 saturated heterocycles. The van der Waals surface area contributed by atoms with Crippen molar-refractivity contribution < 1.29 is 10.0 Å². The number of Topliss-reactive ketones (excluding diaryl/α,β-unsaturated/α-hetero) is 1. The van der Waals surface area contributed by atoms with Gasteiger partial charge in [0.05, 0.1) is 0 Å². The van der Waals surface area contributed by atoms with E-state index in [1.165, 1.54) is 0 Å². The lowest BCUT2D eigenvalue weighted by Crippen LogP contribution is -2.16. The van der Waals surface area contributed by atoms with Crippen molar-refractivity contribution in [1.82, 2.24) is 0 Å². The fraction of sp³-hybridized carbons (Fsp3) is 0. The standard InChI is InChI=1S/C22H15NO2/c24-22(20-12-10-16-6-2-4-8-18(16)14-20)21(23-25)19-11-9-15-5-1-3-7-17(15)13-19/h1-14,25H. The van der Waals surface area contributed by atoms with Gasteiger partial charge in [-0.2, -0.15) is 0 Å². The minimum Gasteiger partial charge on any atom is -0.410 e. The van der Waals surface area contributed by atoms with Crippen molar-refractivity contribution in [1.29, 1.82) is 0 Å². The summed E-state index contributed by atoms with van der Waals surface area (Å²) in [5.41, 5.74) is 1.14. The van der Waals surface area contributed by atoms with E-state index < -0.39 is 0 Å². The molecule has 3 nitrogen and oxygen atoms in total. The summed E-state index contributed by atoms with van der Waals surface area (Å²) in [6, 6.07) is 26.8. The maximum Gasteiger partial charge on any atom is 0.215 e. The molecule has 3 heteroatoms. The van der Waals surface area contributed by atoms with Crippen LogP contribution in [0, 0.1) is 0 Å². The van der Waals surface area contributed by atoms with Crippen LogP contribution in [0.2, 0.25) is 0 Å². The molecule has 25 heavy (non-hydrogen) atoms. The van der Waals surface area contributed by atoms with Gasteiger partial charge in [-0.05, 0) is 33.7 Å². The summed E-state index contributed by atoms with van der Waals surface area (Å²) in [6.45, 7) is 0. The van der Waals surface area contributed by atoms with Crippen LogP contribution in [0.4, 0.5) is 0 Å². The zero-order valence-electron chi connectivity index (χ0n) is 13.4. The maximum atomic E-state index is 12.9. The molecule has 0 atom stereocenters. The number of carbonyl (C=O) groups is 1. The number of rotatable bonds is 3. The molecule has 0 unspecified atom stereocenters. The smallest absolute Gasteiger partial charge is 0.215 e. The van der Waals surface area contributed by atoms with Gasteiger partial charge in [0.15, 0.2) is 5.71 Å². The van der Waals surface area contributed by atoms with Gasteiger partial charge in [0.25, 0.3) is 0 Å². The van der Waals surface area contributed by atoms with Gasteiger partial charge in [-0.15, -0.1) is 0 Å². The van der Waals surface area contributed by atoms with E-state index in [0.717, 1.165) is 21.5 Å². The Morgan fingerprint density at radius 2 is 1.12 bits per heavy atom. The van der Waals surface area contributed by atoms with Gasteiger partial charge in [0, 0.05) is 11.1 Å². The van der Waals surface area contributed by atoms with Crippen molar-refractivity contribution in [2.45, 2.75) is 0 Å². The second kappa shape index (κ2) is 6.21. The molecule has 0 aliphatic carbocycles. The van der Waals surface area contributed by atoms with Crippen molar-refractivity contribution in [3.8, 4) is 0 Å². The molecular formula is C22H15NO2. The van der Waals surface area contributed by atoms with Crippen molar-refractivity contribution in [2.24, 2.45) is 5.16 Å². The Balaban J connectivity index is 1.77. The number of ketones is 1. The van der Waals surface area contributed by atoms with Crippen LogP contribution in [0.3, 0.4) is 0 Å². The molecule has 4 rings (SSSR count). The highest BCUT2D eigenvalue weighted by molar-refractivity contribution is 6.51. The molecule has 0 heterocycles. The highest BCUT2D eigenvalue weighted by atomic mass is 16.4. The molecule has 0 saturated carbocycles. The molecule has 120 valence electrons. The third-order valence-corrected chi connectivity index (χ3v) is 4.35. The van der Waals surface area contributed by atoms with E-state index in [2.05, 4.69) is 5.16 Å². The summed E-state index contributed by atoms with van der Waals surface area (Å²) in [4.78, 5) is 12.9. The lowest BCUT2D eigenvalue weighted by molar-refractivity contribution is 0.106. The second-order valence-corrected chi connectivity index (χ2v) is 5.90. The topological polar surface area (TPSA) is 49.7 Å². The van der Waals surface area contributed by atoms with Crippen molar-refractivity contribution >= 4 is 33.0 Å². The van der Waals surface area contributed by atoms with Crippen LogP contribution >= 0.6 is 0 Å². The van der Waals surface area contributed by atoms with Gasteiger partial charge in [0.2, 0.25) is 5.78 Å². The summed E-state index contributed by atoms with van der Waals surface area (Å²) in [6.07, 6.45) is 0. The van der Waals surface area contributed by atoms with E-state index >= 15 is 0 Å². The van der Waals surface area contributed by atoms with Crippen LogP contribution in [0.1, 0.15) is 15.9 Å². The molecule has 4 aromatic rings. The molecule has 4 aromatic carbocycles. The largest absolute Gasteiger partial charge is 0.410 e. The Labute approximate surface area is 144 Å². The molecule has 0 bridgehead atoms. The average Bonchev–Trinajstić information content (AvgIpc) is 2.68. The minimum atomic E-state index is -0.302.